The van der Waals surface area contributed by atoms with Crippen LogP contribution in [0.4, 0.5) is 0 Å². The molecular formula is C27H30N6O2. The Kier molecular flexibility index (Phi) is 5.62. The number of nitrogens with one attached hydrogen (secondary N) is 2. The van der Waals surface area contributed by atoms with Gasteiger partial charge in [0.1, 0.15) is 5.65 Å². The number of rotatable bonds is 5. The van der Waals surface area contributed by atoms with Crippen LogP contribution in [0.2, 0.25) is 0 Å². The normalized spacial score (nSPS) is 17.8. The maximum Gasteiger partial charge on any atom is 0.257 e. The van der Waals surface area contributed by atoms with Crippen molar-refractivity contribution in [2.75, 3.05) is 19.7 Å². The van der Waals surface area contributed by atoms with Gasteiger partial charge in [0, 0.05) is 48.7 Å². The molecule has 4 aromatic rings. The third kappa shape index (κ3) is 4.02. The van der Waals surface area contributed by atoms with Crippen LogP contribution in [0.15, 0.2) is 43.0 Å². The van der Waals surface area contributed by atoms with Crippen molar-refractivity contribution in [2.45, 2.75) is 45.3 Å². The Morgan fingerprint density at radius 2 is 2.14 bits per heavy atom. The zero-order valence-electron chi connectivity index (χ0n) is 19.9. The van der Waals surface area contributed by atoms with Crippen LogP contribution in [0.5, 0.6) is 0 Å². The Hall–Kier alpha value is -3.49. The zero-order chi connectivity index (χ0) is 23.9. The number of nitrogens with zero attached hydrogens (tertiary/aromatic N) is 4. The Bertz CT molecular complexity index is 1400. The third-order valence-corrected chi connectivity index (χ3v) is 7.38. The molecule has 1 unspecified atom stereocenters. The van der Waals surface area contributed by atoms with Crippen LogP contribution in [0.3, 0.4) is 0 Å². The van der Waals surface area contributed by atoms with E-state index in [1.54, 1.807) is 17.1 Å². The number of aliphatic hydroxyl groups excluding tert-OH is 1. The average molecular weight is 471 g/mol. The van der Waals surface area contributed by atoms with Gasteiger partial charge in [-0.2, -0.15) is 5.10 Å². The fraction of sp³-hybridized carbons (Fsp3) is 0.370. The largest absolute Gasteiger partial charge is 0.394 e. The first-order chi connectivity index (χ1) is 17.1. The summed E-state index contributed by atoms with van der Waals surface area (Å²) in [5, 5.41) is 18.2. The second-order valence-corrected chi connectivity index (χ2v) is 9.64. The molecule has 8 nitrogen and oxygen atoms in total. The van der Waals surface area contributed by atoms with Gasteiger partial charge in [-0.05, 0) is 72.7 Å². The second kappa shape index (κ2) is 8.94. The first-order valence-electron chi connectivity index (χ1n) is 12.4. The van der Waals surface area contributed by atoms with E-state index in [0.29, 0.717) is 31.2 Å². The highest BCUT2D eigenvalue weighted by molar-refractivity contribution is 5.94. The van der Waals surface area contributed by atoms with Crippen molar-refractivity contribution in [1.29, 1.82) is 0 Å². The summed E-state index contributed by atoms with van der Waals surface area (Å²) in [5.41, 5.74) is 8.87. The number of amides is 1. The average Bonchev–Trinajstić information content (AvgIpc) is 3.65. The number of hydrogen-bond donors (Lipinski definition) is 3. The van der Waals surface area contributed by atoms with Crippen molar-refractivity contribution in [1.82, 2.24) is 30.0 Å². The molecule has 5 heterocycles. The molecule has 0 bridgehead atoms. The van der Waals surface area contributed by atoms with Gasteiger partial charge < -0.3 is 20.3 Å². The predicted octanol–water partition coefficient (Wildman–Crippen LogP) is 3.35. The van der Waals surface area contributed by atoms with E-state index in [1.807, 2.05) is 17.3 Å². The van der Waals surface area contributed by atoms with Crippen molar-refractivity contribution in [3.63, 3.8) is 0 Å². The molecule has 8 heteroatoms. The van der Waals surface area contributed by atoms with E-state index in [-0.39, 0.29) is 12.5 Å². The molecule has 1 atom stereocenters. The molecule has 0 radical (unpaired) electrons. The van der Waals surface area contributed by atoms with Gasteiger partial charge in [0.05, 0.1) is 24.9 Å². The number of carbonyl (C=O) groups excluding carboxylic acids is 1. The smallest absolute Gasteiger partial charge is 0.257 e. The SMILES string of the molecule is Cc1c[nH]c2ncc(-c3cc4c(c(C5CCCN5)c3)CN(C(=O)c3cnn(CCO)c3)CC4)cc12. The fourth-order valence-electron chi connectivity index (χ4n) is 5.47. The molecule has 35 heavy (non-hydrogen) atoms. The molecule has 1 fully saturated rings. The Balaban J connectivity index is 1.36. The monoisotopic (exact) mass is 470 g/mol. The van der Waals surface area contributed by atoms with Crippen LogP contribution in [0.1, 0.15) is 51.5 Å². The van der Waals surface area contributed by atoms with Crippen LogP contribution in [0, 0.1) is 6.92 Å². The molecule has 6 rings (SSSR count). The van der Waals surface area contributed by atoms with Crippen molar-refractivity contribution in [3.05, 3.63) is 70.8 Å². The van der Waals surface area contributed by atoms with Crippen LogP contribution < -0.4 is 5.32 Å². The lowest BCUT2D eigenvalue weighted by molar-refractivity contribution is 0.0733. The van der Waals surface area contributed by atoms with Crippen molar-refractivity contribution in [2.24, 2.45) is 0 Å². The molecule has 0 aliphatic carbocycles. The quantitative estimate of drug-likeness (QED) is 0.416. The van der Waals surface area contributed by atoms with Gasteiger partial charge in [-0.1, -0.05) is 6.07 Å². The van der Waals surface area contributed by atoms with Gasteiger partial charge in [0.15, 0.2) is 0 Å². The first-order valence-corrected chi connectivity index (χ1v) is 12.4. The molecule has 2 aliphatic heterocycles. The summed E-state index contributed by atoms with van der Waals surface area (Å²) in [5.74, 6) is -0.00756. The minimum atomic E-state index is -0.00756. The minimum absolute atomic E-state index is 0.00140. The number of pyridine rings is 1. The van der Waals surface area contributed by atoms with Gasteiger partial charge in [0.2, 0.25) is 0 Å². The van der Waals surface area contributed by atoms with E-state index >= 15 is 0 Å². The van der Waals surface area contributed by atoms with E-state index in [2.05, 4.69) is 45.5 Å². The first kappa shape index (κ1) is 22.0. The number of aromatic nitrogens is 4. The molecule has 1 amide bonds. The number of fused-ring (bicyclic) bond motifs is 2. The maximum absolute atomic E-state index is 13.3. The lowest BCUT2D eigenvalue weighted by atomic mass is 9.87. The molecule has 1 saturated heterocycles. The Morgan fingerprint density at radius 3 is 2.97 bits per heavy atom. The molecule has 1 aromatic carbocycles. The van der Waals surface area contributed by atoms with Gasteiger partial charge in [0.25, 0.3) is 5.91 Å². The Labute approximate surface area is 204 Å². The number of hydrogen-bond acceptors (Lipinski definition) is 5. The maximum atomic E-state index is 13.3. The molecule has 3 aromatic heterocycles. The molecule has 2 aliphatic rings. The summed E-state index contributed by atoms with van der Waals surface area (Å²) >= 11 is 0. The molecule has 180 valence electrons. The number of benzene rings is 1. The minimum Gasteiger partial charge on any atom is -0.394 e. The lowest BCUT2D eigenvalue weighted by Gasteiger charge is -2.32. The summed E-state index contributed by atoms with van der Waals surface area (Å²) in [4.78, 5) is 23.1. The van der Waals surface area contributed by atoms with Crippen LogP contribution in [0.25, 0.3) is 22.2 Å². The van der Waals surface area contributed by atoms with Crippen LogP contribution in [-0.2, 0) is 19.5 Å². The molecule has 0 saturated carbocycles. The van der Waals surface area contributed by atoms with E-state index in [1.165, 1.54) is 27.8 Å². The Morgan fingerprint density at radius 1 is 1.23 bits per heavy atom. The van der Waals surface area contributed by atoms with Gasteiger partial charge >= 0.3 is 0 Å². The fourth-order valence-corrected chi connectivity index (χ4v) is 5.47. The van der Waals surface area contributed by atoms with Gasteiger partial charge in [-0.15, -0.1) is 0 Å². The van der Waals surface area contributed by atoms with Gasteiger partial charge in [-0.25, -0.2) is 4.98 Å². The van der Waals surface area contributed by atoms with Crippen LogP contribution in [-0.4, -0.2) is 55.4 Å². The summed E-state index contributed by atoms with van der Waals surface area (Å²) < 4.78 is 1.61. The summed E-state index contributed by atoms with van der Waals surface area (Å²) in [6.07, 6.45) is 10.4. The number of H-pyrrole nitrogens is 1. The van der Waals surface area contributed by atoms with Crippen molar-refractivity contribution >= 4 is 16.9 Å². The highest BCUT2D eigenvalue weighted by Crippen LogP contribution is 2.36. The zero-order valence-corrected chi connectivity index (χ0v) is 19.9. The standard InChI is InChI=1S/C27H30N6O2/c1-17-12-29-26-22(17)11-20(13-30-26)19-9-18-4-6-32(27(35)21-14-31-33(15-21)7-8-34)16-24(18)23(10-19)25-3-2-5-28-25/h9-15,25,28,34H,2-8,16H2,1H3,(H,29,30). The molecular weight excluding hydrogens is 440 g/mol. The molecule has 3 N–H and O–H groups in total. The number of aromatic amines is 1. The van der Waals surface area contributed by atoms with Gasteiger partial charge in [-0.3, -0.25) is 9.48 Å². The summed E-state index contributed by atoms with van der Waals surface area (Å²) in [6, 6.07) is 7.13. The highest BCUT2D eigenvalue weighted by Gasteiger charge is 2.29. The van der Waals surface area contributed by atoms with Crippen molar-refractivity contribution in [3.8, 4) is 11.1 Å². The summed E-state index contributed by atoms with van der Waals surface area (Å²) in [6.45, 7) is 4.78. The predicted molar refractivity (Wildman–Crippen MR) is 134 cm³/mol. The second-order valence-electron chi connectivity index (χ2n) is 9.64. The number of aliphatic hydroxyl groups is 1. The van der Waals surface area contributed by atoms with E-state index in [0.717, 1.165) is 42.4 Å². The van der Waals surface area contributed by atoms with E-state index in [4.69, 9.17) is 5.11 Å². The van der Waals surface area contributed by atoms with E-state index < -0.39 is 0 Å². The number of carbonyl (C=O) groups is 1. The van der Waals surface area contributed by atoms with E-state index in [9.17, 15) is 4.79 Å². The molecule has 0 spiro atoms. The lowest BCUT2D eigenvalue weighted by Crippen LogP contribution is -2.37. The van der Waals surface area contributed by atoms with Crippen LogP contribution >= 0.6 is 0 Å². The number of aryl methyl sites for hydroxylation is 1. The third-order valence-electron chi connectivity index (χ3n) is 7.38. The topological polar surface area (TPSA) is 99.1 Å². The van der Waals surface area contributed by atoms with Crippen molar-refractivity contribution < 1.29 is 9.90 Å². The summed E-state index contributed by atoms with van der Waals surface area (Å²) in [7, 11) is 0. The highest BCUT2D eigenvalue weighted by atomic mass is 16.3.